The van der Waals surface area contributed by atoms with Crippen LogP contribution in [0.1, 0.15) is 36.8 Å². The van der Waals surface area contributed by atoms with Crippen molar-refractivity contribution >= 4 is 0 Å². The third-order valence-corrected chi connectivity index (χ3v) is 4.85. The molecule has 21 heavy (non-hydrogen) atoms. The summed E-state index contributed by atoms with van der Waals surface area (Å²) in [5, 5.41) is 0. The van der Waals surface area contributed by atoms with E-state index in [4.69, 9.17) is 4.74 Å². The van der Waals surface area contributed by atoms with Gasteiger partial charge in [-0.2, -0.15) is 13.2 Å². The minimum atomic E-state index is -4.31. The number of hydrogen-bond donors (Lipinski definition) is 0. The molecule has 116 valence electrons. The summed E-state index contributed by atoms with van der Waals surface area (Å²) in [4.78, 5) is 2.39. The zero-order valence-corrected chi connectivity index (χ0v) is 12.1. The van der Waals surface area contributed by atoms with Crippen LogP contribution in [-0.4, -0.2) is 30.1 Å². The Kier molecular flexibility index (Phi) is 3.97. The van der Waals surface area contributed by atoms with Crippen LogP contribution in [0.2, 0.25) is 0 Å². The van der Waals surface area contributed by atoms with Gasteiger partial charge in [-0.05, 0) is 44.4 Å². The number of fused-ring (bicyclic) bond motifs is 2. The molecular weight excluding hydrogens is 279 g/mol. The molecule has 0 spiro atoms. The lowest BCUT2D eigenvalue weighted by Crippen LogP contribution is -2.42. The largest absolute Gasteiger partial charge is 0.416 e. The summed E-state index contributed by atoms with van der Waals surface area (Å²) in [6.07, 6.45) is -0.00550. The standard InChI is InChI=1S/C16H20F3NO/c1-20-12-6-7-13(20)9-14(8-12)21-10-11-4-2-3-5-15(11)16(17,18)19/h2-5,12-14H,6-10H2,1H3/t12-,13+,14+. The quantitative estimate of drug-likeness (QED) is 0.840. The van der Waals surface area contributed by atoms with Crippen LogP contribution in [0.5, 0.6) is 0 Å². The Bertz CT molecular complexity index is 489. The Hall–Kier alpha value is -1.07. The minimum Gasteiger partial charge on any atom is -0.373 e. The topological polar surface area (TPSA) is 12.5 Å². The Labute approximate surface area is 122 Å². The lowest BCUT2D eigenvalue weighted by molar-refractivity contribution is -0.139. The molecule has 2 bridgehead atoms. The molecule has 2 fully saturated rings. The number of ether oxygens (including phenoxy) is 1. The van der Waals surface area contributed by atoms with Crippen molar-refractivity contribution in [2.24, 2.45) is 0 Å². The fourth-order valence-corrected chi connectivity index (χ4v) is 3.63. The molecule has 0 N–H and O–H groups in total. The maximum absolute atomic E-state index is 12.9. The van der Waals surface area contributed by atoms with Crippen molar-refractivity contribution in [2.45, 2.75) is 56.7 Å². The van der Waals surface area contributed by atoms with E-state index >= 15 is 0 Å². The highest BCUT2D eigenvalue weighted by Gasteiger charge is 2.39. The summed E-state index contributed by atoms with van der Waals surface area (Å²) in [7, 11) is 2.14. The van der Waals surface area contributed by atoms with E-state index in [1.54, 1.807) is 6.07 Å². The summed E-state index contributed by atoms with van der Waals surface area (Å²) in [5.41, 5.74) is -0.350. The molecule has 3 atom stereocenters. The van der Waals surface area contributed by atoms with E-state index in [0.29, 0.717) is 12.1 Å². The molecule has 2 saturated heterocycles. The molecule has 0 radical (unpaired) electrons. The number of hydrogen-bond acceptors (Lipinski definition) is 2. The summed E-state index contributed by atoms with van der Waals surface area (Å²) in [6.45, 7) is 0.0451. The first-order valence-corrected chi connectivity index (χ1v) is 7.44. The zero-order valence-electron chi connectivity index (χ0n) is 12.1. The minimum absolute atomic E-state index is 0.0451. The molecule has 0 amide bonds. The summed E-state index contributed by atoms with van der Waals surface area (Å²) >= 11 is 0. The van der Waals surface area contributed by atoms with Gasteiger partial charge in [-0.1, -0.05) is 18.2 Å². The summed E-state index contributed by atoms with van der Waals surface area (Å²) in [6, 6.07) is 6.75. The van der Waals surface area contributed by atoms with Crippen molar-refractivity contribution < 1.29 is 17.9 Å². The van der Waals surface area contributed by atoms with E-state index in [1.807, 2.05) is 0 Å². The highest BCUT2D eigenvalue weighted by atomic mass is 19.4. The van der Waals surface area contributed by atoms with Crippen molar-refractivity contribution in [3.63, 3.8) is 0 Å². The average Bonchev–Trinajstić information content (AvgIpc) is 2.66. The lowest BCUT2D eigenvalue weighted by atomic mass is 10.0. The summed E-state index contributed by atoms with van der Waals surface area (Å²) < 4.78 is 44.6. The first-order valence-electron chi connectivity index (χ1n) is 7.44. The third kappa shape index (κ3) is 3.09. The van der Waals surface area contributed by atoms with Crippen LogP contribution in [0.3, 0.4) is 0 Å². The Morgan fingerprint density at radius 2 is 1.76 bits per heavy atom. The smallest absolute Gasteiger partial charge is 0.373 e. The molecule has 3 rings (SSSR count). The molecular formula is C16H20F3NO. The van der Waals surface area contributed by atoms with E-state index in [0.717, 1.165) is 18.9 Å². The maximum atomic E-state index is 12.9. The fourth-order valence-electron chi connectivity index (χ4n) is 3.63. The van der Waals surface area contributed by atoms with Crippen molar-refractivity contribution in [3.05, 3.63) is 35.4 Å². The monoisotopic (exact) mass is 299 g/mol. The Morgan fingerprint density at radius 1 is 1.14 bits per heavy atom. The van der Waals surface area contributed by atoms with E-state index in [9.17, 15) is 13.2 Å². The molecule has 0 saturated carbocycles. The van der Waals surface area contributed by atoms with Gasteiger partial charge in [0.2, 0.25) is 0 Å². The Balaban J connectivity index is 1.64. The molecule has 2 heterocycles. The van der Waals surface area contributed by atoms with Gasteiger partial charge in [0.15, 0.2) is 0 Å². The van der Waals surface area contributed by atoms with Gasteiger partial charge in [0.05, 0.1) is 18.3 Å². The lowest BCUT2D eigenvalue weighted by Gasteiger charge is -2.36. The highest BCUT2D eigenvalue weighted by molar-refractivity contribution is 5.29. The maximum Gasteiger partial charge on any atom is 0.416 e. The van der Waals surface area contributed by atoms with Gasteiger partial charge >= 0.3 is 6.18 Å². The predicted octanol–water partition coefficient (Wildman–Crippen LogP) is 3.85. The first-order chi connectivity index (χ1) is 9.95. The highest BCUT2D eigenvalue weighted by Crippen LogP contribution is 2.36. The van der Waals surface area contributed by atoms with Gasteiger partial charge in [0, 0.05) is 12.1 Å². The van der Waals surface area contributed by atoms with Crippen LogP contribution < -0.4 is 0 Å². The number of halogens is 3. The van der Waals surface area contributed by atoms with Gasteiger partial charge in [-0.15, -0.1) is 0 Å². The molecule has 2 aliphatic rings. The van der Waals surface area contributed by atoms with Crippen molar-refractivity contribution in [2.75, 3.05) is 7.05 Å². The molecule has 0 aliphatic carbocycles. The molecule has 1 aromatic carbocycles. The van der Waals surface area contributed by atoms with Crippen molar-refractivity contribution in [3.8, 4) is 0 Å². The third-order valence-electron chi connectivity index (χ3n) is 4.85. The van der Waals surface area contributed by atoms with E-state index in [2.05, 4.69) is 11.9 Å². The van der Waals surface area contributed by atoms with Crippen LogP contribution in [0.15, 0.2) is 24.3 Å². The second-order valence-electron chi connectivity index (χ2n) is 6.11. The second-order valence-corrected chi connectivity index (χ2v) is 6.11. The van der Waals surface area contributed by atoms with Crippen LogP contribution in [-0.2, 0) is 17.5 Å². The SMILES string of the molecule is CN1[C@@H]2CC[C@H]1C[C@@H](OCc1ccccc1C(F)(F)F)C2. The number of alkyl halides is 3. The van der Waals surface area contributed by atoms with E-state index in [1.165, 1.54) is 25.0 Å². The van der Waals surface area contributed by atoms with Gasteiger partial charge in [0.25, 0.3) is 0 Å². The predicted molar refractivity (Wildman–Crippen MR) is 73.8 cm³/mol. The van der Waals surface area contributed by atoms with Crippen LogP contribution >= 0.6 is 0 Å². The first kappa shape index (κ1) is 14.9. The molecule has 0 unspecified atom stereocenters. The van der Waals surface area contributed by atoms with E-state index < -0.39 is 11.7 Å². The Morgan fingerprint density at radius 3 is 2.38 bits per heavy atom. The summed E-state index contributed by atoms with van der Waals surface area (Å²) in [5.74, 6) is 0. The fraction of sp³-hybridized carbons (Fsp3) is 0.625. The van der Waals surface area contributed by atoms with Crippen molar-refractivity contribution in [1.29, 1.82) is 0 Å². The number of nitrogens with zero attached hydrogens (tertiary/aromatic N) is 1. The van der Waals surface area contributed by atoms with Gasteiger partial charge in [-0.3, -0.25) is 0 Å². The second kappa shape index (κ2) is 5.61. The molecule has 2 nitrogen and oxygen atoms in total. The number of piperidine rings is 1. The zero-order chi connectivity index (χ0) is 15.0. The molecule has 1 aromatic rings. The van der Waals surface area contributed by atoms with Crippen molar-refractivity contribution in [1.82, 2.24) is 4.90 Å². The number of rotatable bonds is 3. The average molecular weight is 299 g/mol. The van der Waals surface area contributed by atoms with Gasteiger partial charge in [0.1, 0.15) is 0 Å². The van der Waals surface area contributed by atoms with E-state index in [-0.39, 0.29) is 18.3 Å². The number of benzene rings is 1. The molecule has 5 heteroatoms. The normalized spacial score (nSPS) is 29.8. The molecule has 0 aromatic heterocycles. The van der Waals surface area contributed by atoms with Gasteiger partial charge in [-0.25, -0.2) is 0 Å². The van der Waals surface area contributed by atoms with Crippen LogP contribution in [0.25, 0.3) is 0 Å². The van der Waals surface area contributed by atoms with Crippen LogP contribution in [0, 0.1) is 0 Å². The molecule has 2 aliphatic heterocycles. The van der Waals surface area contributed by atoms with Crippen LogP contribution in [0.4, 0.5) is 13.2 Å². The van der Waals surface area contributed by atoms with Gasteiger partial charge < -0.3 is 9.64 Å².